The number of hydrogen-bond acceptors (Lipinski definition) is 2. The Balaban J connectivity index is 1.93. The molecule has 0 bridgehead atoms. The maximum atomic E-state index is 11.9. The number of carbonyl (C=O) groups excluding carboxylic acids is 1. The maximum Gasteiger partial charge on any atom is 0.222 e. The van der Waals surface area contributed by atoms with Crippen LogP contribution in [0, 0.1) is 0 Å². The van der Waals surface area contributed by atoms with E-state index in [0.29, 0.717) is 13.0 Å². The van der Waals surface area contributed by atoms with Crippen LogP contribution in [0.25, 0.3) is 0 Å². The van der Waals surface area contributed by atoms with Gasteiger partial charge in [0.1, 0.15) is 0 Å². The lowest BCUT2D eigenvalue weighted by molar-refractivity contribution is -0.121. The number of hydrogen-bond donors (Lipinski definition) is 2. The van der Waals surface area contributed by atoms with Crippen molar-refractivity contribution in [3.05, 3.63) is 35.4 Å². The Morgan fingerprint density at radius 3 is 2.75 bits per heavy atom. The highest BCUT2D eigenvalue weighted by Crippen LogP contribution is 2.18. The van der Waals surface area contributed by atoms with Crippen LogP contribution in [0.15, 0.2) is 29.3 Å². The van der Waals surface area contributed by atoms with Crippen molar-refractivity contribution in [3.8, 4) is 0 Å². The number of rotatable bonds is 6. The molecule has 2 rings (SSSR count). The summed E-state index contributed by atoms with van der Waals surface area (Å²) in [6, 6.07) is 8.81. The number of nitrogens with zero attached hydrogens (tertiary/aromatic N) is 2. The van der Waals surface area contributed by atoms with Crippen LogP contribution in [0.5, 0.6) is 0 Å². The van der Waals surface area contributed by atoms with Crippen LogP contribution in [0.4, 0.5) is 0 Å². The number of benzene rings is 1. The number of carbonyl (C=O) groups is 1. The van der Waals surface area contributed by atoms with Gasteiger partial charge in [0, 0.05) is 32.1 Å². The van der Waals surface area contributed by atoms with Crippen molar-refractivity contribution in [2.75, 3.05) is 19.6 Å². The van der Waals surface area contributed by atoms with Gasteiger partial charge in [-0.05, 0) is 37.8 Å². The van der Waals surface area contributed by atoms with Crippen LogP contribution in [-0.2, 0) is 17.8 Å². The lowest BCUT2D eigenvalue weighted by Crippen LogP contribution is -2.44. The minimum absolute atomic E-state index is 0.0768. The molecule has 0 radical (unpaired) electrons. The van der Waals surface area contributed by atoms with Crippen molar-refractivity contribution in [2.45, 2.75) is 52.6 Å². The van der Waals surface area contributed by atoms with Crippen molar-refractivity contribution >= 4 is 11.9 Å². The number of aliphatic imine (C=N–C) groups is 1. The zero-order chi connectivity index (χ0) is 17.4. The molecule has 1 unspecified atom stereocenters. The molecule has 1 atom stereocenters. The molecule has 0 spiro atoms. The van der Waals surface area contributed by atoms with Gasteiger partial charge in [-0.2, -0.15) is 0 Å². The second-order valence-electron chi connectivity index (χ2n) is 6.30. The monoisotopic (exact) mass is 330 g/mol. The van der Waals surface area contributed by atoms with Crippen molar-refractivity contribution in [2.24, 2.45) is 4.99 Å². The Labute approximate surface area is 145 Å². The van der Waals surface area contributed by atoms with Gasteiger partial charge in [-0.1, -0.05) is 31.2 Å². The highest BCUT2D eigenvalue weighted by Gasteiger charge is 2.18. The molecule has 24 heavy (non-hydrogen) atoms. The molecule has 1 amide bonds. The molecule has 0 saturated carbocycles. The average Bonchev–Trinajstić information content (AvgIpc) is 2.60. The van der Waals surface area contributed by atoms with Gasteiger partial charge >= 0.3 is 0 Å². The van der Waals surface area contributed by atoms with Gasteiger partial charge in [-0.3, -0.25) is 9.79 Å². The Morgan fingerprint density at radius 1 is 1.29 bits per heavy atom. The topological polar surface area (TPSA) is 56.7 Å². The van der Waals surface area contributed by atoms with E-state index in [0.717, 1.165) is 38.4 Å². The summed E-state index contributed by atoms with van der Waals surface area (Å²) in [7, 11) is 0. The number of guanidine groups is 1. The predicted octanol–water partition coefficient (Wildman–Crippen LogP) is 2.31. The van der Waals surface area contributed by atoms with E-state index < -0.39 is 0 Å². The molecule has 132 valence electrons. The van der Waals surface area contributed by atoms with Gasteiger partial charge in [-0.15, -0.1) is 0 Å². The molecule has 1 aromatic rings. The Bertz CT molecular complexity index is 570. The standard InChI is InChI=1S/C19H30N4O/c1-4-15(3)22-18(24)10-12-21-19(20-5-2)23-13-11-16-8-6-7-9-17(16)14-23/h6-9,15H,4-5,10-14H2,1-3H3,(H,20,21)(H,22,24). The highest BCUT2D eigenvalue weighted by atomic mass is 16.1. The molecule has 1 aromatic carbocycles. The van der Waals surface area contributed by atoms with Gasteiger partial charge in [0.15, 0.2) is 5.96 Å². The fraction of sp³-hybridized carbons (Fsp3) is 0.579. The molecule has 5 heteroatoms. The van der Waals surface area contributed by atoms with Crippen LogP contribution >= 0.6 is 0 Å². The van der Waals surface area contributed by atoms with Crippen molar-refractivity contribution < 1.29 is 4.79 Å². The quantitative estimate of drug-likeness (QED) is 0.622. The minimum atomic E-state index is 0.0768. The van der Waals surface area contributed by atoms with Gasteiger partial charge < -0.3 is 15.5 Å². The molecular formula is C19H30N4O. The van der Waals surface area contributed by atoms with Crippen LogP contribution in [0.3, 0.4) is 0 Å². The molecular weight excluding hydrogens is 300 g/mol. The molecule has 1 aliphatic heterocycles. The summed E-state index contributed by atoms with van der Waals surface area (Å²) in [5.74, 6) is 0.983. The first-order valence-electron chi connectivity index (χ1n) is 9.03. The van der Waals surface area contributed by atoms with E-state index in [4.69, 9.17) is 0 Å². The molecule has 5 nitrogen and oxygen atoms in total. The highest BCUT2D eigenvalue weighted by molar-refractivity contribution is 5.81. The zero-order valence-electron chi connectivity index (χ0n) is 15.1. The van der Waals surface area contributed by atoms with E-state index in [1.807, 2.05) is 6.92 Å². The average molecular weight is 330 g/mol. The number of fused-ring (bicyclic) bond motifs is 1. The minimum Gasteiger partial charge on any atom is -0.357 e. The predicted molar refractivity (Wildman–Crippen MR) is 99.0 cm³/mol. The van der Waals surface area contributed by atoms with Crippen LogP contribution in [0.1, 0.15) is 44.7 Å². The van der Waals surface area contributed by atoms with Gasteiger partial charge in [0.25, 0.3) is 0 Å². The first-order valence-corrected chi connectivity index (χ1v) is 9.03. The Morgan fingerprint density at radius 2 is 2.04 bits per heavy atom. The first kappa shape index (κ1) is 18.3. The summed E-state index contributed by atoms with van der Waals surface area (Å²) in [5.41, 5.74) is 2.79. The van der Waals surface area contributed by atoms with E-state index in [9.17, 15) is 4.79 Å². The summed E-state index contributed by atoms with van der Waals surface area (Å²) in [6.07, 6.45) is 2.42. The number of amides is 1. The third kappa shape index (κ3) is 5.25. The van der Waals surface area contributed by atoms with Crippen molar-refractivity contribution in [3.63, 3.8) is 0 Å². The third-order valence-corrected chi connectivity index (χ3v) is 4.39. The summed E-state index contributed by atoms with van der Waals surface area (Å²) in [4.78, 5) is 18.8. The molecule has 2 N–H and O–H groups in total. The maximum absolute atomic E-state index is 11.9. The van der Waals surface area contributed by atoms with Crippen molar-refractivity contribution in [1.29, 1.82) is 0 Å². The Kier molecular flexibility index (Phi) is 7.09. The van der Waals surface area contributed by atoms with Gasteiger partial charge in [0.05, 0.1) is 6.54 Å². The largest absolute Gasteiger partial charge is 0.357 e. The normalized spacial score (nSPS) is 15.6. The zero-order valence-corrected chi connectivity index (χ0v) is 15.1. The molecule has 0 aromatic heterocycles. The lowest BCUT2D eigenvalue weighted by Gasteiger charge is -2.31. The number of nitrogens with one attached hydrogen (secondary N) is 2. The SMILES string of the molecule is CCNC(=NCCC(=O)NC(C)CC)N1CCc2ccccc2C1. The lowest BCUT2D eigenvalue weighted by atomic mass is 10.0. The molecule has 1 aliphatic rings. The second-order valence-corrected chi connectivity index (χ2v) is 6.30. The summed E-state index contributed by atoms with van der Waals surface area (Å²) < 4.78 is 0. The smallest absolute Gasteiger partial charge is 0.222 e. The van der Waals surface area contributed by atoms with Gasteiger partial charge in [0.2, 0.25) is 5.91 Å². The van der Waals surface area contributed by atoms with E-state index in [-0.39, 0.29) is 11.9 Å². The molecule has 0 aliphatic carbocycles. The van der Waals surface area contributed by atoms with E-state index in [1.165, 1.54) is 11.1 Å². The summed E-state index contributed by atoms with van der Waals surface area (Å²) in [6.45, 7) is 9.35. The van der Waals surface area contributed by atoms with E-state index in [1.54, 1.807) is 0 Å². The summed E-state index contributed by atoms with van der Waals surface area (Å²) >= 11 is 0. The van der Waals surface area contributed by atoms with Crippen molar-refractivity contribution in [1.82, 2.24) is 15.5 Å². The molecule has 1 heterocycles. The molecule has 0 fully saturated rings. The fourth-order valence-electron chi connectivity index (χ4n) is 2.81. The third-order valence-electron chi connectivity index (χ3n) is 4.39. The van der Waals surface area contributed by atoms with Gasteiger partial charge in [-0.25, -0.2) is 0 Å². The summed E-state index contributed by atoms with van der Waals surface area (Å²) in [5, 5.41) is 6.34. The second kappa shape index (κ2) is 9.30. The molecule has 0 saturated heterocycles. The van der Waals surface area contributed by atoms with Crippen LogP contribution < -0.4 is 10.6 Å². The Hall–Kier alpha value is -2.04. The van der Waals surface area contributed by atoms with Crippen LogP contribution in [-0.4, -0.2) is 42.4 Å². The van der Waals surface area contributed by atoms with E-state index >= 15 is 0 Å². The van der Waals surface area contributed by atoms with Crippen LogP contribution in [0.2, 0.25) is 0 Å². The van der Waals surface area contributed by atoms with E-state index in [2.05, 4.69) is 58.6 Å². The first-order chi connectivity index (χ1) is 11.6. The fourth-order valence-corrected chi connectivity index (χ4v) is 2.81.